The Labute approximate surface area is 77.5 Å². The van der Waals surface area contributed by atoms with Gasteiger partial charge >= 0.3 is 5.97 Å². The van der Waals surface area contributed by atoms with Crippen molar-refractivity contribution in [1.82, 2.24) is 4.84 Å². The van der Waals surface area contributed by atoms with Gasteiger partial charge in [-0.25, -0.2) is 4.84 Å². The first-order chi connectivity index (χ1) is 5.79. The van der Waals surface area contributed by atoms with Gasteiger partial charge in [0.25, 0.3) is 0 Å². The zero-order valence-corrected chi connectivity index (χ0v) is 7.93. The van der Waals surface area contributed by atoms with Gasteiger partial charge in [0.15, 0.2) is 0 Å². The van der Waals surface area contributed by atoms with Crippen LogP contribution in [0.15, 0.2) is 0 Å². The number of hydrogen-bond donors (Lipinski definition) is 1. The average molecular weight is 192 g/mol. The van der Waals surface area contributed by atoms with Crippen LogP contribution in [0.4, 0.5) is 0 Å². The van der Waals surface area contributed by atoms with Crippen LogP contribution in [0.3, 0.4) is 0 Å². The van der Waals surface area contributed by atoms with Crippen LogP contribution in [0.2, 0.25) is 0 Å². The molecule has 12 heavy (non-hydrogen) atoms. The van der Waals surface area contributed by atoms with Gasteiger partial charge in [-0.15, -0.1) is 0 Å². The average Bonchev–Trinajstić information content (AvgIpc) is 2.51. The fourth-order valence-electron chi connectivity index (χ4n) is 1.62. The van der Waals surface area contributed by atoms with Gasteiger partial charge in [0, 0.05) is 6.04 Å². The Kier molecular flexibility index (Phi) is 3.82. The first-order valence-electron chi connectivity index (χ1n) is 4.32. The van der Waals surface area contributed by atoms with Gasteiger partial charge in [-0.1, -0.05) is 6.42 Å². The third kappa shape index (κ3) is 2.11. The number of rotatable bonds is 3. The highest BCUT2D eigenvalue weighted by atomic mass is 35.5. The van der Waals surface area contributed by atoms with Crippen molar-refractivity contribution in [2.45, 2.75) is 32.2 Å². The third-order valence-electron chi connectivity index (χ3n) is 2.25. The molecule has 1 saturated carbocycles. The number of carbonyl (C=O) groups is 1. The molecule has 0 heterocycles. The minimum Gasteiger partial charge on any atom is -0.466 e. The summed E-state index contributed by atoms with van der Waals surface area (Å²) < 4.78 is 4.92. The van der Waals surface area contributed by atoms with Gasteiger partial charge in [0.05, 0.1) is 12.5 Å². The molecule has 1 aliphatic carbocycles. The minimum atomic E-state index is -0.117. The number of nitrogens with one attached hydrogen (secondary N) is 1. The summed E-state index contributed by atoms with van der Waals surface area (Å²) in [6.45, 7) is 2.26. The van der Waals surface area contributed by atoms with E-state index in [0.29, 0.717) is 6.61 Å². The van der Waals surface area contributed by atoms with E-state index in [1.807, 2.05) is 6.92 Å². The van der Waals surface area contributed by atoms with E-state index in [2.05, 4.69) is 4.84 Å². The van der Waals surface area contributed by atoms with Crippen molar-refractivity contribution in [1.29, 1.82) is 0 Å². The van der Waals surface area contributed by atoms with E-state index >= 15 is 0 Å². The molecule has 0 amide bonds. The lowest BCUT2D eigenvalue weighted by Crippen LogP contribution is -2.32. The van der Waals surface area contributed by atoms with E-state index in [1.54, 1.807) is 0 Å². The summed E-state index contributed by atoms with van der Waals surface area (Å²) in [6, 6.07) is 0.103. The highest BCUT2D eigenvalue weighted by Gasteiger charge is 2.33. The molecule has 1 fully saturated rings. The van der Waals surface area contributed by atoms with E-state index in [4.69, 9.17) is 16.5 Å². The predicted molar refractivity (Wildman–Crippen MR) is 46.8 cm³/mol. The summed E-state index contributed by atoms with van der Waals surface area (Å²) >= 11 is 5.49. The van der Waals surface area contributed by atoms with Crippen molar-refractivity contribution < 1.29 is 9.53 Å². The Hall–Kier alpha value is -0.280. The Balaban J connectivity index is 2.43. The van der Waals surface area contributed by atoms with Crippen molar-refractivity contribution >= 4 is 17.7 Å². The number of esters is 1. The van der Waals surface area contributed by atoms with Crippen LogP contribution >= 0.6 is 11.8 Å². The smallest absolute Gasteiger partial charge is 0.310 e. The molecule has 0 aromatic rings. The molecule has 0 spiro atoms. The summed E-state index contributed by atoms with van der Waals surface area (Å²) in [4.78, 5) is 13.9. The lowest BCUT2D eigenvalue weighted by molar-refractivity contribution is -0.148. The molecule has 0 radical (unpaired) electrons. The Bertz CT molecular complexity index is 163. The molecule has 1 aliphatic rings. The maximum Gasteiger partial charge on any atom is 0.310 e. The molecular formula is C8H14ClNO2. The van der Waals surface area contributed by atoms with Gasteiger partial charge in [-0.05, 0) is 31.5 Å². The summed E-state index contributed by atoms with van der Waals surface area (Å²) in [5.41, 5.74) is 0. The summed E-state index contributed by atoms with van der Waals surface area (Å²) in [5, 5.41) is 0. The number of ether oxygens (including phenoxy) is 1. The van der Waals surface area contributed by atoms with Crippen molar-refractivity contribution in [3.8, 4) is 0 Å². The topological polar surface area (TPSA) is 38.3 Å². The third-order valence-corrected chi connectivity index (χ3v) is 2.53. The lowest BCUT2D eigenvalue weighted by atomic mass is 10.1. The van der Waals surface area contributed by atoms with Crippen LogP contribution in [-0.2, 0) is 9.53 Å². The van der Waals surface area contributed by atoms with Crippen molar-refractivity contribution in [3.05, 3.63) is 0 Å². The molecule has 0 aliphatic heterocycles. The van der Waals surface area contributed by atoms with Crippen LogP contribution in [0.1, 0.15) is 26.2 Å². The molecule has 2 atom stereocenters. The fourth-order valence-corrected chi connectivity index (χ4v) is 1.88. The second-order valence-corrected chi connectivity index (χ2v) is 3.22. The van der Waals surface area contributed by atoms with Crippen LogP contribution in [-0.4, -0.2) is 18.6 Å². The molecular weight excluding hydrogens is 178 g/mol. The van der Waals surface area contributed by atoms with Crippen molar-refractivity contribution in [2.24, 2.45) is 5.92 Å². The normalized spacial score (nSPS) is 28.8. The first kappa shape index (κ1) is 9.81. The lowest BCUT2D eigenvalue weighted by Gasteiger charge is -2.15. The summed E-state index contributed by atoms with van der Waals surface area (Å²) in [5.74, 6) is -0.157. The van der Waals surface area contributed by atoms with Gasteiger partial charge in [-0.3, -0.25) is 4.79 Å². The molecule has 70 valence electrons. The maximum atomic E-state index is 11.3. The van der Waals surface area contributed by atoms with Crippen LogP contribution < -0.4 is 4.84 Å². The summed E-state index contributed by atoms with van der Waals surface area (Å²) in [6.07, 6.45) is 2.91. The molecule has 1 N–H and O–H groups in total. The fraction of sp³-hybridized carbons (Fsp3) is 0.875. The highest BCUT2D eigenvalue weighted by molar-refractivity contribution is 6.13. The van der Waals surface area contributed by atoms with E-state index in [9.17, 15) is 4.79 Å². The molecule has 0 unspecified atom stereocenters. The molecule has 0 bridgehead atoms. The second kappa shape index (κ2) is 4.67. The van der Waals surface area contributed by atoms with E-state index in [1.165, 1.54) is 0 Å². The van der Waals surface area contributed by atoms with E-state index in [0.717, 1.165) is 19.3 Å². The van der Waals surface area contributed by atoms with E-state index < -0.39 is 0 Å². The first-order valence-corrected chi connectivity index (χ1v) is 4.70. The number of hydrogen-bond acceptors (Lipinski definition) is 3. The predicted octanol–water partition coefficient (Wildman–Crippen LogP) is 1.46. The molecule has 0 aromatic carbocycles. The monoisotopic (exact) mass is 191 g/mol. The zero-order valence-electron chi connectivity index (χ0n) is 7.18. The molecule has 3 nitrogen and oxygen atoms in total. The molecule has 4 heteroatoms. The van der Waals surface area contributed by atoms with Crippen LogP contribution in [0.25, 0.3) is 0 Å². The molecule has 1 rings (SSSR count). The Morgan fingerprint density at radius 3 is 3.00 bits per heavy atom. The van der Waals surface area contributed by atoms with Crippen molar-refractivity contribution in [3.63, 3.8) is 0 Å². The quantitative estimate of drug-likeness (QED) is 0.542. The largest absolute Gasteiger partial charge is 0.466 e. The maximum absolute atomic E-state index is 11.3. The van der Waals surface area contributed by atoms with Crippen LogP contribution in [0, 0.1) is 5.92 Å². The Morgan fingerprint density at radius 2 is 2.42 bits per heavy atom. The highest BCUT2D eigenvalue weighted by Crippen LogP contribution is 2.26. The van der Waals surface area contributed by atoms with Gasteiger partial charge in [-0.2, -0.15) is 0 Å². The van der Waals surface area contributed by atoms with Crippen LogP contribution in [0.5, 0.6) is 0 Å². The standard InChI is InChI=1S/C8H14ClNO2/c1-2-12-8(11)6-4-3-5-7(6)10-9/h6-7,10H,2-5H2,1H3/t6-,7+/m1/s1. The Morgan fingerprint density at radius 1 is 1.67 bits per heavy atom. The number of carbonyl (C=O) groups excluding carboxylic acids is 1. The SMILES string of the molecule is CCOC(=O)[C@@H]1CCC[C@@H]1NCl. The molecule has 0 aromatic heterocycles. The number of halogens is 1. The zero-order chi connectivity index (χ0) is 8.97. The van der Waals surface area contributed by atoms with E-state index in [-0.39, 0.29) is 17.9 Å². The second-order valence-electron chi connectivity index (χ2n) is 3.01. The summed E-state index contributed by atoms with van der Waals surface area (Å²) in [7, 11) is 0. The van der Waals surface area contributed by atoms with Gasteiger partial charge in [0.2, 0.25) is 0 Å². The molecule has 0 saturated heterocycles. The van der Waals surface area contributed by atoms with Gasteiger partial charge in [0.1, 0.15) is 0 Å². The van der Waals surface area contributed by atoms with Gasteiger partial charge < -0.3 is 4.74 Å². The van der Waals surface area contributed by atoms with Crippen molar-refractivity contribution in [2.75, 3.05) is 6.61 Å². The minimum absolute atomic E-state index is 0.0394.